The van der Waals surface area contributed by atoms with E-state index in [9.17, 15) is 0 Å². The van der Waals surface area contributed by atoms with E-state index in [1.165, 1.54) is 17.5 Å². The number of benzene rings is 1. The zero-order valence-corrected chi connectivity index (χ0v) is 14.1. The van der Waals surface area contributed by atoms with Crippen LogP contribution in [0.3, 0.4) is 0 Å². The quantitative estimate of drug-likeness (QED) is 0.760. The molecule has 0 aliphatic rings. The second-order valence-corrected chi connectivity index (χ2v) is 6.84. The van der Waals surface area contributed by atoms with E-state index in [4.69, 9.17) is 4.74 Å². The normalized spacial score (nSPS) is 13.3. The summed E-state index contributed by atoms with van der Waals surface area (Å²) >= 11 is 0. The van der Waals surface area contributed by atoms with E-state index in [0.717, 1.165) is 31.4 Å². The van der Waals surface area contributed by atoms with Crippen LogP contribution < -0.4 is 10.1 Å². The highest BCUT2D eigenvalue weighted by Gasteiger charge is 2.14. The highest BCUT2D eigenvalue weighted by atomic mass is 16.5. The highest BCUT2D eigenvalue weighted by molar-refractivity contribution is 5.38. The van der Waals surface area contributed by atoms with Crippen LogP contribution in [0.4, 0.5) is 0 Å². The van der Waals surface area contributed by atoms with E-state index >= 15 is 0 Å². The smallest absolute Gasteiger partial charge is 0.122 e. The Kier molecular flexibility index (Phi) is 6.54. The van der Waals surface area contributed by atoms with Gasteiger partial charge >= 0.3 is 0 Å². The van der Waals surface area contributed by atoms with Crippen molar-refractivity contribution in [3.8, 4) is 5.75 Å². The van der Waals surface area contributed by atoms with Crippen LogP contribution in [0.2, 0.25) is 0 Å². The lowest BCUT2D eigenvalue weighted by molar-refractivity contribution is -0.686. The number of ether oxygens (including phenoxy) is 1. The van der Waals surface area contributed by atoms with E-state index in [1.54, 1.807) is 0 Å². The number of aryl methyl sites for hydroxylation is 1. The molecule has 0 aromatic heterocycles. The molecule has 2 N–H and O–H groups in total. The maximum atomic E-state index is 5.90. The Labute approximate surface area is 124 Å². The maximum Gasteiger partial charge on any atom is 0.122 e. The zero-order chi connectivity index (χ0) is 15.2. The van der Waals surface area contributed by atoms with Crippen LogP contribution in [-0.2, 0) is 5.41 Å². The van der Waals surface area contributed by atoms with Crippen LogP contribution in [0.5, 0.6) is 5.75 Å². The van der Waals surface area contributed by atoms with Crippen LogP contribution in [0.15, 0.2) is 18.2 Å². The van der Waals surface area contributed by atoms with E-state index in [2.05, 4.69) is 65.1 Å². The van der Waals surface area contributed by atoms with Gasteiger partial charge in [0.25, 0.3) is 0 Å². The minimum Gasteiger partial charge on any atom is -0.493 e. The molecule has 0 aliphatic carbocycles. The van der Waals surface area contributed by atoms with E-state index in [0.29, 0.717) is 0 Å². The molecule has 0 amide bonds. The maximum absolute atomic E-state index is 5.90. The lowest BCUT2D eigenvalue weighted by Gasteiger charge is -2.20. The topological polar surface area (TPSA) is 25.8 Å². The third kappa shape index (κ3) is 5.54. The van der Waals surface area contributed by atoms with Crippen LogP contribution >= 0.6 is 0 Å². The van der Waals surface area contributed by atoms with Crippen molar-refractivity contribution in [2.75, 3.05) is 13.2 Å². The number of nitrogens with two attached hydrogens (primary N) is 1. The predicted octanol–water partition coefficient (Wildman–Crippen LogP) is 3.42. The molecule has 2 heteroatoms. The first-order valence-corrected chi connectivity index (χ1v) is 7.92. The highest BCUT2D eigenvalue weighted by Crippen LogP contribution is 2.27. The summed E-state index contributed by atoms with van der Waals surface area (Å²) in [6.07, 6.45) is 2.33. The van der Waals surface area contributed by atoms with Gasteiger partial charge < -0.3 is 10.1 Å². The molecule has 2 nitrogen and oxygen atoms in total. The molecule has 0 saturated carbocycles. The standard InChI is InChI=1S/C18H31NO/c1-7-15(3)19-11-8-12-20-17-10-9-16(13-14(17)2)18(4,5)6/h9-10,13,15,19H,7-8,11-12H2,1-6H3/p+1/t15-/m1/s1. The molecule has 0 bridgehead atoms. The molecular formula is C18H32NO+. The van der Waals surface area contributed by atoms with Gasteiger partial charge in [0, 0.05) is 6.42 Å². The third-order valence-corrected chi connectivity index (χ3v) is 3.86. The molecule has 1 rings (SSSR count). The Hall–Kier alpha value is -1.02. The number of rotatable bonds is 7. The van der Waals surface area contributed by atoms with Crippen LogP contribution in [-0.4, -0.2) is 19.2 Å². The Morgan fingerprint density at radius 3 is 2.50 bits per heavy atom. The van der Waals surface area contributed by atoms with Crippen LogP contribution in [0.25, 0.3) is 0 Å². The summed E-state index contributed by atoms with van der Waals surface area (Å²) in [5.74, 6) is 1.03. The minimum absolute atomic E-state index is 0.203. The first-order chi connectivity index (χ1) is 9.34. The molecule has 1 atom stereocenters. The lowest BCUT2D eigenvalue weighted by Crippen LogP contribution is -2.89. The second-order valence-electron chi connectivity index (χ2n) is 6.84. The van der Waals surface area contributed by atoms with Gasteiger partial charge in [-0.3, -0.25) is 0 Å². The van der Waals surface area contributed by atoms with Crippen molar-refractivity contribution < 1.29 is 10.1 Å². The average Bonchev–Trinajstić information content (AvgIpc) is 2.38. The van der Waals surface area contributed by atoms with Gasteiger partial charge in [-0.25, -0.2) is 0 Å². The molecule has 1 aromatic rings. The number of hydrogen-bond acceptors (Lipinski definition) is 1. The van der Waals surface area contributed by atoms with Crippen molar-refractivity contribution in [2.24, 2.45) is 0 Å². The van der Waals surface area contributed by atoms with Gasteiger partial charge in [0.1, 0.15) is 5.75 Å². The van der Waals surface area contributed by atoms with Gasteiger partial charge in [-0.2, -0.15) is 0 Å². The first-order valence-electron chi connectivity index (χ1n) is 7.92. The van der Waals surface area contributed by atoms with Crippen LogP contribution in [0.1, 0.15) is 58.6 Å². The second kappa shape index (κ2) is 7.68. The summed E-state index contributed by atoms with van der Waals surface area (Å²) in [6.45, 7) is 15.3. The molecule has 0 fully saturated rings. The van der Waals surface area contributed by atoms with Crippen molar-refractivity contribution in [1.82, 2.24) is 0 Å². The van der Waals surface area contributed by atoms with Gasteiger partial charge in [0.15, 0.2) is 0 Å². The summed E-state index contributed by atoms with van der Waals surface area (Å²) < 4.78 is 5.90. The Balaban J connectivity index is 2.42. The molecule has 20 heavy (non-hydrogen) atoms. The summed E-state index contributed by atoms with van der Waals surface area (Å²) in [5, 5.41) is 2.40. The molecule has 0 spiro atoms. The van der Waals surface area contributed by atoms with E-state index in [-0.39, 0.29) is 5.41 Å². The van der Waals surface area contributed by atoms with Crippen molar-refractivity contribution in [1.29, 1.82) is 0 Å². The van der Waals surface area contributed by atoms with Crippen molar-refractivity contribution in [3.63, 3.8) is 0 Å². The fourth-order valence-electron chi connectivity index (χ4n) is 2.11. The molecule has 0 unspecified atom stereocenters. The average molecular weight is 278 g/mol. The fourth-order valence-corrected chi connectivity index (χ4v) is 2.11. The molecule has 0 aliphatic heterocycles. The third-order valence-electron chi connectivity index (χ3n) is 3.86. The number of hydrogen-bond donors (Lipinski definition) is 1. The fraction of sp³-hybridized carbons (Fsp3) is 0.667. The summed E-state index contributed by atoms with van der Waals surface area (Å²) in [4.78, 5) is 0. The molecule has 0 radical (unpaired) electrons. The number of quaternary nitrogens is 1. The van der Waals surface area contributed by atoms with Crippen LogP contribution in [0, 0.1) is 6.92 Å². The van der Waals surface area contributed by atoms with Gasteiger partial charge in [-0.15, -0.1) is 0 Å². The SMILES string of the molecule is CC[C@@H](C)[NH2+]CCCOc1ccc(C(C)(C)C)cc1C. The van der Waals surface area contributed by atoms with Crippen molar-refractivity contribution >= 4 is 0 Å². The molecule has 1 aromatic carbocycles. The van der Waals surface area contributed by atoms with Gasteiger partial charge in [-0.05, 0) is 42.9 Å². The Bertz CT molecular complexity index is 406. The van der Waals surface area contributed by atoms with Gasteiger partial charge in [0.05, 0.1) is 19.2 Å². The molecule has 0 heterocycles. The van der Waals surface area contributed by atoms with Crippen molar-refractivity contribution in [2.45, 2.75) is 65.8 Å². The van der Waals surface area contributed by atoms with Crippen molar-refractivity contribution in [3.05, 3.63) is 29.3 Å². The Morgan fingerprint density at radius 1 is 1.25 bits per heavy atom. The first kappa shape index (κ1) is 17.0. The predicted molar refractivity (Wildman–Crippen MR) is 86.5 cm³/mol. The van der Waals surface area contributed by atoms with E-state index in [1.807, 2.05) is 0 Å². The Morgan fingerprint density at radius 2 is 1.95 bits per heavy atom. The minimum atomic E-state index is 0.203. The molecule has 0 saturated heterocycles. The summed E-state index contributed by atoms with van der Waals surface area (Å²) in [6, 6.07) is 7.28. The largest absolute Gasteiger partial charge is 0.493 e. The van der Waals surface area contributed by atoms with Gasteiger partial charge in [0.2, 0.25) is 0 Å². The van der Waals surface area contributed by atoms with E-state index < -0.39 is 0 Å². The zero-order valence-electron chi connectivity index (χ0n) is 14.1. The summed E-state index contributed by atoms with van der Waals surface area (Å²) in [7, 11) is 0. The summed E-state index contributed by atoms with van der Waals surface area (Å²) in [5.41, 5.74) is 2.81. The lowest BCUT2D eigenvalue weighted by atomic mass is 9.86. The molecule has 114 valence electrons. The molecular weight excluding hydrogens is 246 g/mol. The van der Waals surface area contributed by atoms with Gasteiger partial charge in [-0.1, -0.05) is 39.8 Å². The monoisotopic (exact) mass is 278 g/mol.